The number of esters is 1. The molecular weight excluding hydrogens is 496 g/mol. The number of ether oxygens (including phenoxy) is 2. The van der Waals surface area contributed by atoms with E-state index in [9.17, 15) is 14.4 Å². The molecule has 4 rings (SSSR count). The van der Waals surface area contributed by atoms with Gasteiger partial charge in [0.15, 0.2) is 0 Å². The summed E-state index contributed by atoms with van der Waals surface area (Å²) in [6.45, 7) is 2.15. The molecular formula is C27H25ClN4O5. The van der Waals surface area contributed by atoms with Crippen LogP contribution in [0.2, 0.25) is 5.02 Å². The third-order valence-corrected chi connectivity index (χ3v) is 5.79. The monoisotopic (exact) mass is 520 g/mol. The fourth-order valence-electron chi connectivity index (χ4n) is 3.64. The second-order valence-corrected chi connectivity index (χ2v) is 8.54. The SMILES string of the molecule is CCn1c(=O)[nH]/c(=N\c2ccc(Oc3cccc(CC(=O)OC)c3)cc2)n(Cc2ccc(Cl)cc2)c1=O. The van der Waals surface area contributed by atoms with E-state index in [1.807, 2.05) is 18.2 Å². The van der Waals surface area contributed by atoms with E-state index in [2.05, 4.69) is 9.98 Å². The summed E-state index contributed by atoms with van der Waals surface area (Å²) in [5, 5.41) is 0.587. The molecule has 0 saturated carbocycles. The van der Waals surface area contributed by atoms with E-state index in [0.717, 1.165) is 15.7 Å². The molecule has 0 spiro atoms. The molecule has 0 aliphatic heterocycles. The Morgan fingerprint density at radius 1 is 0.946 bits per heavy atom. The summed E-state index contributed by atoms with van der Waals surface area (Å²) < 4.78 is 13.1. The van der Waals surface area contributed by atoms with Gasteiger partial charge in [-0.1, -0.05) is 35.9 Å². The Labute approximate surface area is 217 Å². The number of nitrogens with one attached hydrogen (secondary N) is 1. The summed E-state index contributed by atoms with van der Waals surface area (Å²) in [5.74, 6) is 0.790. The van der Waals surface area contributed by atoms with Crippen molar-refractivity contribution < 1.29 is 14.3 Å². The van der Waals surface area contributed by atoms with Gasteiger partial charge >= 0.3 is 17.3 Å². The molecule has 1 N–H and O–H groups in total. The minimum absolute atomic E-state index is 0.124. The molecule has 0 atom stereocenters. The van der Waals surface area contributed by atoms with Gasteiger partial charge in [0.05, 0.1) is 25.8 Å². The first kappa shape index (κ1) is 25.7. The van der Waals surface area contributed by atoms with Gasteiger partial charge in [-0.15, -0.1) is 0 Å². The van der Waals surface area contributed by atoms with E-state index >= 15 is 0 Å². The zero-order chi connectivity index (χ0) is 26.4. The first-order valence-corrected chi connectivity index (χ1v) is 11.9. The van der Waals surface area contributed by atoms with Gasteiger partial charge in [0, 0.05) is 11.6 Å². The Hall–Kier alpha value is -4.37. The molecule has 1 heterocycles. The van der Waals surface area contributed by atoms with Crippen LogP contribution in [0.4, 0.5) is 5.69 Å². The van der Waals surface area contributed by atoms with E-state index in [-0.39, 0.29) is 31.1 Å². The highest BCUT2D eigenvalue weighted by atomic mass is 35.5. The largest absolute Gasteiger partial charge is 0.469 e. The van der Waals surface area contributed by atoms with E-state index in [1.54, 1.807) is 61.5 Å². The minimum Gasteiger partial charge on any atom is -0.469 e. The summed E-state index contributed by atoms with van der Waals surface area (Å²) in [5.41, 5.74) is 1.24. The van der Waals surface area contributed by atoms with Crippen LogP contribution < -0.4 is 21.7 Å². The Morgan fingerprint density at radius 2 is 1.68 bits per heavy atom. The molecule has 0 radical (unpaired) electrons. The molecule has 0 saturated heterocycles. The third-order valence-electron chi connectivity index (χ3n) is 5.53. The quantitative estimate of drug-likeness (QED) is 0.356. The van der Waals surface area contributed by atoms with Crippen molar-refractivity contribution in [2.24, 2.45) is 4.99 Å². The van der Waals surface area contributed by atoms with Gasteiger partial charge in [-0.05, 0) is 66.6 Å². The maximum Gasteiger partial charge on any atom is 0.335 e. The number of aromatic nitrogens is 3. The smallest absolute Gasteiger partial charge is 0.335 e. The van der Waals surface area contributed by atoms with Crippen molar-refractivity contribution in [3.63, 3.8) is 0 Å². The van der Waals surface area contributed by atoms with Crippen LogP contribution in [-0.4, -0.2) is 27.2 Å². The van der Waals surface area contributed by atoms with Crippen molar-refractivity contribution in [1.29, 1.82) is 0 Å². The van der Waals surface area contributed by atoms with Crippen LogP contribution in [0.15, 0.2) is 87.4 Å². The fraction of sp³-hybridized carbons (Fsp3) is 0.185. The standard InChI is InChI=1S/C27H25ClN4O5/c1-3-31-26(34)30-25(32(27(31)35)17-18-7-9-20(28)10-8-18)29-21-11-13-22(14-12-21)37-23-6-4-5-19(15-23)16-24(33)36-2/h4-15H,3,16-17H2,1-2H3,(H,29,30,34). The molecule has 0 unspecified atom stereocenters. The minimum atomic E-state index is -0.537. The Balaban J connectivity index is 1.63. The molecule has 190 valence electrons. The Bertz CT molecular complexity index is 1590. The highest BCUT2D eigenvalue weighted by molar-refractivity contribution is 6.30. The van der Waals surface area contributed by atoms with Crippen molar-refractivity contribution >= 4 is 23.3 Å². The summed E-state index contributed by atoms with van der Waals surface area (Å²) in [6.07, 6.45) is 0.149. The van der Waals surface area contributed by atoms with Gasteiger partial charge in [-0.2, -0.15) is 0 Å². The van der Waals surface area contributed by atoms with E-state index < -0.39 is 11.4 Å². The molecule has 0 amide bonds. The number of H-pyrrole nitrogens is 1. The maximum atomic E-state index is 13.0. The fourth-order valence-corrected chi connectivity index (χ4v) is 3.77. The maximum absolute atomic E-state index is 13.0. The van der Waals surface area contributed by atoms with Crippen molar-refractivity contribution in [1.82, 2.24) is 14.1 Å². The predicted molar refractivity (Wildman–Crippen MR) is 139 cm³/mol. The van der Waals surface area contributed by atoms with Crippen LogP contribution in [0.25, 0.3) is 0 Å². The van der Waals surface area contributed by atoms with Crippen molar-refractivity contribution in [3.05, 3.63) is 116 Å². The predicted octanol–water partition coefficient (Wildman–Crippen LogP) is 3.80. The number of methoxy groups -OCH3 is 1. The van der Waals surface area contributed by atoms with Gasteiger partial charge < -0.3 is 9.47 Å². The van der Waals surface area contributed by atoms with E-state index in [1.165, 1.54) is 11.7 Å². The molecule has 0 fully saturated rings. The van der Waals surface area contributed by atoms with Crippen LogP contribution in [0, 0.1) is 0 Å². The van der Waals surface area contributed by atoms with Crippen LogP contribution in [-0.2, 0) is 29.0 Å². The third kappa shape index (κ3) is 6.45. The molecule has 1 aromatic heterocycles. The number of nitrogens with zero attached hydrogens (tertiary/aromatic N) is 3. The number of aromatic amines is 1. The number of hydrogen-bond donors (Lipinski definition) is 1. The van der Waals surface area contributed by atoms with Crippen LogP contribution >= 0.6 is 11.6 Å². The number of hydrogen-bond acceptors (Lipinski definition) is 6. The van der Waals surface area contributed by atoms with Crippen molar-refractivity contribution in [2.45, 2.75) is 26.4 Å². The van der Waals surface area contributed by atoms with Crippen LogP contribution in [0.3, 0.4) is 0 Å². The van der Waals surface area contributed by atoms with E-state index in [4.69, 9.17) is 21.1 Å². The lowest BCUT2D eigenvalue weighted by Crippen LogP contribution is -2.49. The number of carbonyl (C=O) groups excluding carboxylic acids is 1. The lowest BCUT2D eigenvalue weighted by molar-refractivity contribution is -0.139. The van der Waals surface area contributed by atoms with Gasteiger partial charge in [0.1, 0.15) is 11.5 Å². The van der Waals surface area contributed by atoms with Gasteiger partial charge in [0.2, 0.25) is 5.62 Å². The molecule has 0 bridgehead atoms. The van der Waals surface area contributed by atoms with Crippen molar-refractivity contribution in [3.8, 4) is 11.5 Å². The highest BCUT2D eigenvalue weighted by Crippen LogP contribution is 2.24. The average Bonchev–Trinajstić information content (AvgIpc) is 2.89. The molecule has 4 aromatic rings. The molecule has 3 aromatic carbocycles. The van der Waals surface area contributed by atoms with Crippen molar-refractivity contribution in [2.75, 3.05) is 7.11 Å². The van der Waals surface area contributed by atoms with Crippen LogP contribution in [0.5, 0.6) is 11.5 Å². The van der Waals surface area contributed by atoms with Crippen LogP contribution in [0.1, 0.15) is 18.1 Å². The first-order chi connectivity index (χ1) is 17.9. The first-order valence-electron chi connectivity index (χ1n) is 11.5. The second kappa shape index (κ2) is 11.6. The molecule has 0 aliphatic rings. The number of rotatable bonds is 8. The molecule has 0 aliphatic carbocycles. The molecule has 37 heavy (non-hydrogen) atoms. The van der Waals surface area contributed by atoms with Gasteiger partial charge in [-0.3, -0.25) is 14.3 Å². The topological polar surface area (TPSA) is 108 Å². The molecule has 9 nitrogen and oxygen atoms in total. The second-order valence-electron chi connectivity index (χ2n) is 8.10. The number of benzene rings is 3. The Kier molecular flexibility index (Phi) is 8.05. The summed E-state index contributed by atoms with van der Waals surface area (Å²) in [7, 11) is 1.35. The highest BCUT2D eigenvalue weighted by Gasteiger charge is 2.09. The number of carbonyl (C=O) groups is 1. The van der Waals surface area contributed by atoms with E-state index in [0.29, 0.717) is 22.2 Å². The lowest BCUT2D eigenvalue weighted by Gasteiger charge is -2.10. The number of halogens is 1. The summed E-state index contributed by atoms with van der Waals surface area (Å²) >= 11 is 5.98. The van der Waals surface area contributed by atoms with Gasteiger partial charge in [0.25, 0.3) is 0 Å². The summed E-state index contributed by atoms with van der Waals surface area (Å²) in [4.78, 5) is 44.3. The average molecular weight is 521 g/mol. The zero-order valence-corrected chi connectivity index (χ0v) is 21.1. The van der Waals surface area contributed by atoms with Gasteiger partial charge in [-0.25, -0.2) is 19.1 Å². The Morgan fingerprint density at radius 3 is 2.35 bits per heavy atom. The molecule has 10 heteroatoms. The summed E-state index contributed by atoms with van der Waals surface area (Å²) in [6, 6.07) is 21.1. The normalized spacial score (nSPS) is 11.4. The zero-order valence-electron chi connectivity index (χ0n) is 20.3. The lowest BCUT2D eigenvalue weighted by atomic mass is 10.1.